The molecule has 284 valence electrons. The van der Waals surface area contributed by atoms with Gasteiger partial charge in [-0.3, -0.25) is 28.2 Å². The van der Waals surface area contributed by atoms with E-state index in [0.29, 0.717) is 35.4 Å². The Bertz CT molecular complexity index is 2020. The SMILES string of the molecule is CCC1C(COC)C(OP(=O)(OCC2OC(n3cnc4c(=O)[nH]c(N)nc43)CC2C)SCOC(=O)C(C)(C)C)C(O)C1n1cnc2c(N)ncnc21. The predicted molar refractivity (Wildman–Crippen MR) is 191 cm³/mol. The average Bonchev–Trinajstić information content (AvgIpc) is 3.85. The van der Waals surface area contributed by atoms with Crippen LogP contribution in [0.3, 0.4) is 0 Å². The number of aromatic nitrogens is 8. The number of ether oxygens (including phenoxy) is 3. The van der Waals surface area contributed by atoms with E-state index >= 15 is 0 Å². The molecule has 0 aromatic carbocycles. The van der Waals surface area contributed by atoms with Crippen molar-refractivity contribution in [1.82, 2.24) is 39.0 Å². The smallest absolute Gasteiger partial charge is 0.392 e. The summed E-state index contributed by atoms with van der Waals surface area (Å²) in [7, 11) is 1.54. The van der Waals surface area contributed by atoms with Crippen molar-refractivity contribution < 1.29 is 37.7 Å². The Morgan fingerprint density at radius 3 is 2.56 bits per heavy atom. The lowest BCUT2D eigenvalue weighted by atomic mass is 9.91. The third-order valence-corrected chi connectivity index (χ3v) is 12.9. The van der Waals surface area contributed by atoms with Gasteiger partial charge in [0.25, 0.3) is 5.56 Å². The highest BCUT2D eigenvalue weighted by Crippen LogP contribution is 2.64. The van der Waals surface area contributed by atoms with Crippen LogP contribution in [0.5, 0.6) is 0 Å². The lowest BCUT2D eigenvalue weighted by molar-refractivity contribution is -0.150. The van der Waals surface area contributed by atoms with Gasteiger partial charge in [0.05, 0.1) is 43.4 Å². The van der Waals surface area contributed by atoms with Crippen LogP contribution in [-0.4, -0.2) is 94.7 Å². The van der Waals surface area contributed by atoms with E-state index in [1.54, 1.807) is 43.3 Å². The van der Waals surface area contributed by atoms with Crippen molar-refractivity contribution in [2.75, 3.05) is 37.7 Å². The van der Waals surface area contributed by atoms with E-state index in [-0.39, 0.29) is 53.9 Å². The van der Waals surface area contributed by atoms with E-state index in [0.717, 1.165) is 0 Å². The van der Waals surface area contributed by atoms with E-state index < -0.39 is 60.2 Å². The molecule has 9 unspecified atom stereocenters. The second kappa shape index (κ2) is 15.0. The van der Waals surface area contributed by atoms with Gasteiger partial charge < -0.3 is 35.4 Å². The zero-order valence-corrected chi connectivity index (χ0v) is 31.5. The summed E-state index contributed by atoms with van der Waals surface area (Å²) in [6.07, 6.45) is 2.05. The first kappa shape index (κ1) is 38.1. The van der Waals surface area contributed by atoms with E-state index in [1.165, 1.54) is 12.7 Å². The van der Waals surface area contributed by atoms with Gasteiger partial charge in [0.2, 0.25) is 5.95 Å². The number of H-pyrrole nitrogens is 1. The molecule has 52 heavy (non-hydrogen) atoms. The third kappa shape index (κ3) is 7.42. The topological polar surface area (TPSA) is 260 Å². The second-order valence-electron chi connectivity index (χ2n) is 14.1. The molecule has 0 radical (unpaired) electrons. The number of nitrogens with two attached hydrogens (primary N) is 2. The molecule has 2 aliphatic rings. The summed E-state index contributed by atoms with van der Waals surface area (Å²) in [4.78, 5) is 48.6. The minimum Gasteiger partial charge on any atom is -0.454 e. The lowest BCUT2D eigenvalue weighted by Crippen LogP contribution is -2.33. The number of esters is 1. The molecule has 6 rings (SSSR count). The van der Waals surface area contributed by atoms with Crippen molar-refractivity contribution in [3.63, 3.8) is 0 Å². The molecule has 4 aromatic heterocycles. The number of aromatic amines is 1. The van der Waals surface area contributed by atoms with Gasteiger partial charge in [-0.25, -0.2) is 24.5 Å². The maximum atomic E-state index is 14.8. The number of nitrogens with one attached hydrogen (secondary N) is 1. The van der Waals surface area contributed by atoms with Crippen molar-refractivity contribution in [1.29, 1.82) is 0 Å². The number of aliphatic hydroxyl groups is 1. The van der Waals surface area contributed by atoms with Crippen molar-refractivity contribution in [3.8, 4) is 0 Å². The first-order chi connectivity index (χ1) is 24.7. The number of rotatable bonds is 13. The molecule has 0 spiro atoms. The Morgan fingerprint density at radius 1 is 1.12 bits per heavy atom. The van der Waals surface area contributed by atoms with Crippen LogP contribution in [0, 0.1) is 23.2 Å². The van der Waals surface area contributed by atoms with E-state index in [2.05, 4.69) is 29.9 Å². The summed E-state index contributed by atoms with van der Waals surface area (Å²) < 4.78 is 48.0. The van der Waals surface area contributed by atoms with Crippen LogP contribution in [0.4, 0.5) is 11.8 Å². The molecule has 1 aliphatic heterocycles. The number of nitrogens with zero attached hydrogens (tertiary/aromatic N) is 7. The molecule has 4 aromatic rings. The number of nitrogen functional groups attached to an aromatic ring is 2. The highest BCUT2D eigenvalue weighted by Gasteiger charge is 2.54. The zero-order valence-electron chi connectivity index (χ0n) is 29.7. The number of carbonyl (C=O) groups is 1. The summed E-state index contributed by atoms with van der Waals surface area (Å²) in [5.74, 6) is -1.46. The van der Waals surface area contributed by atoms with Crippen molar-refractivity contribution in [2.45, 2.75) is 78.0 Å². The van der Waals surface area contributed by atoms with Crippen molar-refractivity contribution >= 4 is 58.2 Å². The first-order valence-corrected chi connectivity index (χ1v) is 20.0. The number of hydrogen-bond donors (Lipinski definition) is 4. The number of imidazole rings is 2. The van der Waals surface area contributed by atoms with Gasteiger partial charge in [0.15, 0.2) is 22.6 Å². The molecule has 6 N–H and O–H groups in total. The monoisotopic (exact) mass is 764 g/mol. The summed E-state index contributed by atoms with van der Waals surface area (Å²) in [5, 5.41) is 12.0. The van der Waals surface area contributed by atoms with E-state index in [4.69, 9.17) is 34.7 Å². The lowest BCUT2D eigenvalue weighted by Gasteiger charge is -2.29. The highest BCUT2D eigenvalue weighted by molar-refractivity contribution is 8.55. The fourth-order valence-corrected chi connectivity index (χ4v) is 9.75. The van der Waals surface area contributed by atoms with Gasteiger partial charge in [0.1, 0.15) is 36.2 Å². The number of carbonyl (C=O) groups excluding carboxylic acids is 1. The molecule has 0 amide bonds. The van der Waals surface area contributed by atoms with Crippen molar-refractivity contribution in [2.24, 2.45) is 23.2 Å². The van der Waals surface area contributed by atoms with Crippen LogP contribution in [-0.2, 0) is 32.6 Å². The quantitative estimate of drug-likeness (QED) is 0.0866. The average molecular weight is 765 g/mol. The predicted octanol–water partition coefficient (Wildman–Crippen LogP) is 3.04. The third-order valence-electron chi connectivity index (χ3n) is 9.60. The van der Waals surface area contributed by atoms with Crippen LogP contribution >= 0.6 is 18.2 Å². The van der Waals surface area contributed by atoms with Crippen LogP contribution in [0.2, 0.25) is 0 Å². The summed E-state index contributed by atoms with van der Waals surface area (Å²) in [5.41, 5.74) is 11.8. The molecule has 19 nitrogen and oxygen atoms in total. The summed E-state index contributed by atoms with van der Waals surface area (Å²) in [6, 6.07) is -0.606. The molecule has 0 bridgehead atoms. The molecular weight excluding hydrogens is 719 g/mol. The standard InChI is InChI=1S/C31H45N10O9PS/c1-7-16-17(9-46-6)24(23(42)22(16)41-13-36-20-25(32)34-11-35-26(20)41)50-51(45,52-14-47-29(44)31(3,4)5)48-10-18-15(2)8-19(49-18)40-12-37-21-27(40)38-30(33)39-28(21)43/h11-13,15-19,22-24,42H,7-10,14H2,1-6H3,(H2,32,34,35)(H3,33,38,39,43). The normalized spacial score (nSPS) is 27.8. The maximum Gasteiger partial charge on any atom is 0.392 e. The molecule has 1 saturated carbocycles. The minimum absolute atomic E-state index is 0.0560. The summed E-state index contributed by atoms with van der Waals surface area (Å²) in [6.45, 7) is 4.85. The van der Waals surface area contributed by atoms with Gasteiger partial charge in [-0.15, -0.1) is 0 Å². The molecule has 2 fully saturated rings. The van der Waals surface area contributed by atoms with Crippen LogP contribution in [0.1, 0.15) is 59.7 Å². The molecule has 21 heteroatoms. The van der Waals surface area contributed by atoms with Crippen molar-refractivity contribution in [3.05, 3.63) is 29.3 Å². The molecule has 1 saturated heterocycles. The van der Waals surface area contributed by atoms with Crippen LogP contribution in [0.15, 0.2) is 23.8 Å². The molecular formula is C31H45N10O9PS. The van der Waals surface area contributed by atoms with E-state index in [9.17, 15) is 19.3 Å². The Morgan fingerprint density at radius 2 is 1.85 bits per heavy atom. The molecule has 5 heterocycles. The number of methoxy groups -OCH3 is 1. The fraction of sp³-hybridized carbons (Fsp3) is 0.645. The molecule has 1 aliphatic carbocycles. The maximum absolute atomic E-state index is 14.8. The number of anilines is 2. The minimum atomic E-state index is -4.20. The number of aliphatic hydroxyl groups excluding tert-OH is 1. The van der Waals surface area contributed by atoms with Gasteiger partial charge in [-0.05, 0) is 39.0 Å². The van der Waals surface area contributed by atoms with E-state index in [1.807, 2.05) is 13.8 Å². The summed E-state index contributed by atoms with van der Waals surface area (Å²) >= 11 is 0.705. The highest BCUT2D eigenvalue weighted by atomic mass is 32.7. The number of fused-ring (bicyclic) bond motifs is 2. The van der Waals surface area contributed by atoms with Gasteiger partial charge in [0, 0.05) is 24.4 Å². The second-order valence-corrected chi connectivity index (χ2v) is 18.1. The van der Waals surface area contributed by atoms with Gasteiger partial charge >= 0.3 is 12.8 Å². The van der Waals surface area contributed by atoms with Gasteiger partial charge in [-0.2, -0.15) is 4.98 Å². The van der Waals surface area contributed by atoms with Crippen LogP contribution in [0.25, 0.3) is 22.3 Å². The molecule has 9 atom stereocenters. The van der Waals surface area contributed by atoms with Crippen LogP contribution < -0.4 is 17.0 Å². The Hall–Kier alpha value is -3.65. The number of hydrogen-bond acceptors (Lipinski definition) is 17. The Balaban J connectivity index is 1.25. The first-order valence-electron chi connectivity index (χ1n) is 16.9. The Labute approximate surface area is 302 Å². The zero-order chi connectivity index (χ0) is 37.5. The largest absolute Gasteiger partial charge is 0.454 e. The van der Waals surface area contributed by atoms with Gasteiger partial charge in [-0.1, -0.05) is 20.3 Å². The Kier molecular flexibility index (Phi) is 11.0. The fourth-order valence-electron chi connectivity index (χ4n) is 6.92.